The van der Waals surface area contributed by atoms with E-state index < -0.39 is 74.7 Å². The number of guanidine groups is 1. The fourth-order valence-electron chi connectivity index (χ4n) is 7.17. The number of rotatable bonds is 21. The molecule has 346 valence electrons. The van der Waals surface area contributed by atoms with Gasteiger partial charge in [-0.05, 0) is 102 Å². The van der Waals surface area contributed by atoms with Gasteiger partial charge in [-0.3, -0.25) is 29.0 Å². The van der Waals surface area contributed by atoms with Crippen molar-refractivity contribution in [3.63, 3.8) is 0 Å². The van der Waals surface area contributed by atoms with E-state index in [1.54, 1.807) is 72.0 Å². The van der Waals surface area contributed by atoms with E-state index in [2.05, 4.69) is 44.1 Å². The van der Waals surface area contributed by atoms with Crippen molar-refractivity contribution in [3.8, 4) is 5.75 Å². The van der Waals surface area contributed by atoms with Gasteiger partial charge < -0.3 is 36.6 Å². The van der Waals surface area contributed by atoms with Crippen LogP contribution in [0.15, 0.2) is 59.5 Å². The Labute approximate surface area is 377 Å². The molecule has 2 aromatic carbocycles. The van der Waals surface area contributed by atoms with Gasteiger partial charge in [0, 0.05) is 43.1 Å². The van der Waals surface area contributed by atoms with Crippen molar-refractivity contribution in [2.45, 2.75) is 129 Å². The Morgan fingerprint density at radius 2 is 1.59 bits per heavy atom. The first-order valence-electron chi connectivity index (χ1n) is 20.9. The maximum atomic E-state index is 14.1. The number of carbonyl (C=O) groups excluding carboxylic acids is 5. The molecule has 1 aliphatic heterocycles. The number of aliphatic imine (C=N–C) groups is 1. The van der Waals surface area contributed by atoms with Gasteiger partial charge >= 0.3 is 0 Å². The summed E-state index contributed by atoms with van der Waals surface area (Å²) < 4.78 is 36.0. The Balaban J connectivity index is 1.88. The highest BCUT2D eigenvalue weighted by atomic mass is 35.5. The summed E-state index contributed by atoms with van der Waals surface area (Å²) in [5.74, 6) is -3.07. The number of hydrogen-bond donors (Lipinski definition) is 6. The van der Waals surface area contributed by atoms with E-state index in [0.717, 1.165) is 5.56 Å². The van der Waals surface area contributed by atoms with Crippen LogP contribution in [-0.4, -0.2) is 92.2 Å². The summed E-state index contributed by atoms with van der Waals surface area (Å²) in [5, 5.41) is 11.4. The second kappa shape index (κ2) is 21.8. The van der Waals surface area contributed by atoms with Crippen LogP contribution in [0.4, 0.5) is 0 Å². The highest BCUT2D eigenvalue weighted by Crippen LogP contribution is 2.43. The number of nitrogens with two attached hydrogens (primary N) is 1. The fraction of sp³-hybridized carbons (Fsp3) is 0.511. The third kappa shape index (κ3) is 13.3. The smallest absolute Gasteiger partial charge is 0.264 e. The summed E-state index contributed by atoms with van der Waals surface area (Å²) >= 11 is 6.10. The minimum Gasteiger partial charge on any atom is -0.487 e. The van der Waals surface area contributed by atoms with Gasteiger partial charge in [-0.2, -0.15) is 0 Å². The Morgan fingerprint density at radius 1 is 0.968 bits per heavy atom. The van der Waals surface area contributed by atoms with Crippen LogP contribution in [0, 0.1) is 26.7 Å². The summed E-state index contributed by atoms with van der Waals surface area (Å²) in [7, 11) is -2.62. The lowest BCUT2D eigenvalue weighted by Gasteiger charge is -2.32. The Morgan fingerprint density at radius 3 is 2.16 bits per heavy atom. The second-order valence-corrected chi connectivity index (χ2v) is 19.1. The van der Waals surface area contributed by atoms with Crippen molar-refractivity contribution < 1.29 is 37.1 Å². The number of halogens is 1. The standard InChI is InChI=1S/C45H65ClN8O8S/c1-13-22-45(11,52-38(55)26(4)5)42(59)50-34(40(57)49-33(15-3)39(56)51-35(41(58)54(12)24-14-2)30-18-20-31(46)21-19-30)17-16-23-48-43(47)53-63(60,61)37-28(7)27(6)36-32(29(37)8)25-44(9,10)62-36/h13-14,18-21,26,33-35H,1-2,15-17,22-25H2,3-12H3,(H,49,57)(H,50,59)(H,51,56)(H,52,55)(H3,47,48,53). The highest BCUT2D eigenvalue weighted by molar-refractivity contribution is 7.90. The average Bonchev–Trinajstić information content (AvgIpc) is 3.54. The molecule has 0 saturated carbocycles. The van der Waals surface area contributed by atoms with Gasteiger partial charge in [0.15, 0.2) is 0 Å². The summed E-state index contributed by atoms with van der Waals surface area (Å²) in [6, 6.07) is 2.85. The van der Waals surface area contributed by atoms with E-state index in [1.165, 1.54) is 17.9 Å². The highest BCUT2D eigenvalue weighted by Gasteiger charge is 2.39. The number of nitrogens with one attached hydrogen (secondary N) is 5. The Bertz CT molecular complexity index is 2210. The van der Waals surface area contributed by atoms with Gasteiger partial charge in [-0.25, -0.2) is 13.1 Å². The molecular weight excluding hydrogens is 848 g/mol. The maximum absolute atomic E-state index is 14.1. The zero-order valence-electron chi connectivity index (χ0n) is 38.2. The summed E-state index contributed by atoms with van der Waals surface area (Å²) in [6.45, 7) is 23.2. The minimum absolute atomic E-state index is 0.0283. The lowest BCUT2D eigenvalue weighted by atomic mass is 9.94. The molecule has 2 aromatic rings. The van der Waals surface area contributed by atoms with Gasteiger partial charge in [-0.15, -0.1) is 13.2 Å². The van der Waals surface area contributed by atoms with Crippen molar-refractivity contribution in [2.75, 3.05) is 20.1 Å². The van der Waals surface area contributed by atoms with Crippen LogP contribution in [-0.2, 0) is 40.4 Å². The largest absolute Gasteiger partial charge is 0.487 e. The van der Waals surface area contributed by atoms with Crippen LogP contribution >= 0.6 is 11.6 Å². The van der Waals surface area contributed by atoms with Gasteiger partial charge in [0.05, 0.1) is 4.90 Å². The zero-order valence-corrected chi connectivity index (χ0v) is 39.7. The van der Waals surface area contributed by atoms with Crippen molar-refractivity contribution in [2.24, 2.45) is 16.6 Å². The van der Waals surface area contributed by atoms with Crippen molar-refractivity contribution >= 4 is 57.1 Å². The molecule has 0 spiro atoms. The molecule has 0 aliphatic carbocycles. The summed E-state index contributed by atoms with van der Waals surface area (Å²) in [6.07, 6.45) is 3.75. The van der Waals surface area contributed by atoms with Gasteiger partial charge in [0.2, 0.25) is 35.5 Å². The first-order valence-corrected chi connectivity index (χ1v) is 22.8. The first-order chi connectivity index (χ1) is 29.3. The quantitative estimate of drug-likeness (QED) is 0.0452. The number of sulfonamides is 1. The lowest BCUT2D eigenvalue weighted by molar-refractivity contribution is -0.138. The van der Waals surface area contributed by atoms with Gasteiger partial charge in [0.25, 0.3) is 10.0 Å². The molecule has 0 radical (unpaired) electrons. The van der Waals surface area contributed by atoms with Gasteiger partial charge in [0.1, 0.15) is 35.0 Å². The molecule has 4 unspecified atom stereocenters. The molecule has 0 bridgehead atoms. The Kier molecular flexibility index (Phi) is 18.0. The molecule has 5 amide bonds. The number of ether oxygens (including phenoxy) is 1. The average molecular weight is 914 g/mol. The van der Waals surface area contributed by atoms with Crippen molar-refractivity contribution in [1.82, 2.24) is 30.9 Å². The number of fused-ring (bicyclic) bond motifs is 1. The molecule has 0 fully saturated rings. The number of carbonyl (C=O) groups is 5. The predicted molar refractivity (Wildman–Crippen MR) is 246 cm³/mol. The molecule has 0 aromatic heterocycles. The van der Waals surface area contributed by atoms with Crippen molar-refractivity contribution in [3.05, 3.63) is 82.4 Å². The van der Waals surface area contributed by atoms with Crippen LogP contribution in [0.3, 0.4) is 0 Å². The predicted octanol–water partition coefficient (Wildman–Crippen LogP) is 4.34. The molecule has 1 aliphatic rings. The lowest BCUT2D eigenvalue weighted by Crippen LogP contribution is -2.61. The molecule has 18 heteroatoms. The van der Waals surface area contributed by atoms with Crippen LogP contribution in [0.25, 0.3) is 0 Å². The summed E-state index contributed by atoms with van der Waals surface area (Å²) in [5.41, 5.74) is 7.20. The topological polar surface area (TPSA) is 230 Å². The van der Waals surface area contributed by atoms with E-state index in [1.807, 2.05) is 20.8 Å². The van der Waals surface area contributed by atoms with E-state index in [4.69, 9.17) is 22.1 Å². The summed E-state index contributed by atoms with van der Waals surface area (Å²) in [4.78, 5) is 73.9. The molecule has 16 nitrogen and oxygen atoms in total. The van der Waals surface area contributed by atoms with Gasteiger partial charge in [-0.1, -0.05) is 56.7 Å². The van der Waals surface area contributed by atoms with Crippen LogP contribution in [0.2, 0.25) is 5.02 Å². The number of likely N-dealkylation sites (N-methyl/N-ethyl adjacent to an activating group) is 1. The Hall–Kier alpha value is -5.42. The second-order valence-electron chi connectivity index (χ2n) is 17.0. The van der Waals surface area contributed by atoms with E-state index in [9.17, 15) is 32.4 Å². The molecule has 4 atom stereocenters. The molecular formula is C45H65ClN8O8S. The molecule has 1 heterocycles. The number of benzene rings is 2. The number of amides is 5. The number of nitrogens with zero attached hydrogens (tertiary/aromatic N) is 2. The van der Waals surface area contributed by atoms with Crippen LogP contribution in [0.5, 0.6) is 5.75 Å². The van der Waals surface area contributed by atoms with E-state index in [-0.39, 0.29) is 49.6 Å². The third-order valence-electron chi connectivity index (χ3n) is 10.9. The third-order valence-corrected chi connectivity index (χ3v) is 12.8. The molecule has 0 saturated heterocycles. The normalized spacial score (nSPS) is 15.7. The number of hydrogen-bond acceptors (Lipinski definition) is 9. The van der Waals surface area contributed by atoms with Crippen molar-refractivity contribution in [1.29, 1.82) is 0 Å². The molecule has 3 rings (SSSR count). The minimum atomic E-state index is -4.19. The van der Waals surface area contributed by atoms with E-state index >= 15 is 0 Å². The molecule has 7 N–H and O–H groups in total. The zero-order chi connectivity index (χ0) is 47.6. The fourth-order valence-corrected chi connectivity index (χ4v) is 8.82. The first kappa shape index (κ1) is 51.9. The maximum Gasteiger partial charge on any atom is 0.264 e. The SMILES string of the molecule is C=CCN(C)C(=O)C(NC(=O)C(CC)NC(=O)C(CCCN=C(N)NS(=O)(=O)c1c(C)c(C)c2c(c1C)CC(C)(C)O2)NC(=O)C(C)(CC=C)NC(=O)C(C)C)c1ccc(Cl)cc1. The van der Waals surface area contributed by atoms with E-state index in [0.29, 0.717) is 39.4 Å². The van der Waals surface area contributed by atoms with Crippen LogP contribution in [0.1, 0.15) is 101 Å². The van der Waals surface area contributed by atoms with Crippen LogP contribution < -0.4 is 36.5 Å². The monoisotopic (exact) mass is 912 g/mol. The molecule has 63 heavy (non-hydrogen) atoms.